The Kier molecular flexibility index (Phi) is 5.43. The van der Waals surface area contributed by atoms with E-state index in [-0.39, 0.29) is 18.6 Å². The second-order valence-corrected chi connectivity index (χ2v) is 6.15. The van der Waals surface area contributed by atoms with Gasteiger partial charge < -0.3 is 10.1 Å². The van der Waals surface area contributed by atoms with Crippen LogP contribution in [0.15, 0.2) is 24.4 Å². The van der Waals surface area contributed by atoms with Gasteiger partial charge in [-0.1, -0.05) is 6.92 Å². The lowest BCUT2D eigenvalue weighted by Gasteiger charge is -2.24. The van der Waals surface area contributed by atoms with Crippen LogP contribution in [0.3, 0.4) is 0 Å². The van der Waals surface area contributed by atoms with E-state index in [0.29, 0.717) is 12.3 Å². The topological polar surface area (TPSA) is 56.1 Å². The minimum atomic E-state index is -0.645. The number of amides is 1. The zero-order valence-corrected chi connectivity index (χ0v) is 14.1. The maximum absolute atomic E-state index is 13.5. The normalized spacial score (nSPS) is 16.5. The smallest absolute Gasteiger partial charge is 0.246 e. The fourth-order valence-corrected chi connectivity index (χ4v) is 3.14. The number of halogens is 2. The van der Waals surface area contributed by atoms with Crippen molar-refractivity contribution in [3.8, 4) is 5.69 Å². The molecule has 5 nitrogen and oxygen atoms in total. The van der Waals surface area contributed by atoms with Gasteiger partial charge in [0.2, 0.25) is 5.91 Å². The van der Waals surface area contributed by atoms with E-state index in [1.807, 2.05) is 6.92 Å². The van der Waals surface area contributed by atoms with Crippen molar-refractivity contribution < 1.29 is 18.3 Å². The SMILES string of the molecule is CCCOCC(=O)NC1CCCc2c1cnn2-c1cc(F)cc(F)c1. The van der Waals surface area contributed by atoms with Gasteiger partial charge in [-0.3, -0.25) is 4.79 Å². The average Bonchev–Trinajstić information content (AvgIpc) is 2.99. The van der Waals surface area contributed by atoms with Gasteiger partial charge in [0.05, 0.1) is 17.9 Å². The first-order valence-corrected chi connectivity index (χ1v) is 8.49. The molecule has 1 unspecified atom stereocenters. The molecule has 1 aliphatic carbocycles. The van der Waals surface area contributed by atoms with Crippen molar-refractivity contribution in [2.45, 2.75) is 38.6 Å². The van der Waals surface area contributed by atoms with E-state index in [0.717, 1.165) is 43.0 Å². The summed E-state index contributed by atoms with van der Waals surface area (Å²) in [4.78, 5) is 12.0. The summed E-state index contributed by atoms with van der Waals surface area (Å²) in [5.41, 5.74) is 2.10. The number of fused-ring (bicyclic) bond motifs is 1. The largest absolute Gasteiger partial charge is 0.372 e. The summed E-state index contributed by atoms with van der Waals surface area (Å²) in [6.45, 7) is 2.56. The Bertz CT molecular complexity index is 741. The summed E-state index contributed by atoms with van der Waals surface area (Å²) in [6, 6.07) is 3.17. The lowest BCUT2D eigenvalue weighted by atomic mass is 9.93. The molecule has 0 aliphatic heterocycles. The first kappa shape index (κ1) is 17.5. The van der Waals surface area contributed by atoms with Crippen LogP contribution in [0.25, 0.3) is 5.69 Å². The molecule has 1 amide bonds. The number of rotatable bonds is 6. The van der Waals surface area contributed by atoms with Gasteiger partial charge in [0, 0.05) is 23.9 Å². The van der Waals surface area contributed by atoms with Crippen molar-refractivity contribution in [1.29, 1.82) is 0 Å². The molecule has 0 saturated heterocycles. The zero-order valence-electron chi connectivity index (χ0n) is 14.1. The number of carbonyl (C=O) groups excluding carboxylic acids is 1. The zero-order chi connectivity index (χ0) is 17.8. The lowest BCUT2D eigenvalue weighted by molar-refractivity contribution is -0.126. The third kappa shape index (κ3) is 4.04. The van der Waals surface area contributed by atoms with Crippen molar-refractivity contribution in [1.82, 2.24) is 15.1 Å². The molecule has 134 valence electrons. The number of carbonyl (C=O) groups is 1. The molecule has 25 heavy (non-hydrogen) atoms. The number of nitrogens with zero attached hydrogens (tertiary/aromatic N) is 2. The van der Waals surface area contributed by atoms with Crippen LogP contribution in [-0.4, -0.2) is 28.9 Å². The minimum absolute atomic E-state index is 0.0307. The van der Waals surface area contributed by atoms with E-state index in [9.17, 15) is 13.6 Å². The summed E-state index contributed by atoms with van der Waals surface area (Å²) < 4.78 is 33.8. The number of nitrogens with one attached hydrogen (secondary N) is 1. The van der Waals surface area contributed by atoms with Gasteiger partial charge in [0.1, 0.15) is 18.2 Å². The summed E-state index contributed by atoms with van der Waals surface area (Å²) >= 11 is 0. The molecular formula is C18H21F2N3O2. The van der Waals surface area contributed by atoms with Crippen LogP contribution in [-0.2, 0) is 16.0 Å². The molecule has 2 aromatic rings. The highest BCUT2D eigenvalue weighted by atomic mass is 19.1. The van der Waals surface area contributed by atoms with Gasteiger partial charge >= 0.3 is 0 Å². The van der Waals surface area contributed by atoms with E-state index in [1.54, 1.807) is 10.9 Å². The van der Waals surface area contributed by atoms with Gasteiger partial charge in [-0.2, -0.15) is 5.10 Å². The fraction of sp³-hybridized carbons (Fsp3) is 0.444. The Morgan fingerprint density at radius 3 is 2.84 bits per heavy atom. The van der Waals surface area contributed by atoms with Crippen LogP contribution in [0.1, 0.15) is 43.5 Å². The highest BCUT2D eigenvalue weighted by Crippen LogP contribution is 2.31. The molecule has 1 N–H and O–H groups in total. The highest BCUT2D eigenvalue weighted by Gasteiger charge is 2.26. The average molecular weight is 349 g/mol. The summed E-state index contributed by atoms with van der Waals surface area (Å²) in [6.07, 6.45) is 4.92. The first-order chi connectivity index (χ1) is 12.1. The molecule has 0 bridgehead atoms. The van der Waals surface area contributed by atoms with Crippen molar-refractivity contribution in [2.75, 3.05) is 13.2 Å². The summed E-state index contributed by atoms with van der Waals surface area (Å²) in [5, 5.41) is 7.24. The molecule has 1 aromatic carbocycles. The van der Waals surface area contributed by atoms with Crippen molar-refractivity contribution in [3.05, 3.63) is 47.3 Å². The van der Waals surface area contributed by atoms with Gasteiger partial charge in [-0.25, -0.2) is 13.5 Å². The Labute approximate surface area is 145 Å². The van der Waals surface area contributed by atoms with E-state index in [2.05, 4.69) is 10.4 Å². The van der Waals surface area contributed by atoms with Gasteiger partial charge in [-0.05, 0) is 37.8 Å². The number of hydrogen-bond donors (Lipinski definition) is 1. The molecule has 0 radical (unpaired) electrons. The Balaban J connectivity index is 1.79. The molecule has 1 aromatic heterocycles. The molecule has 3 rings (SSSR count). The van der Waals surface area contributed by atoms with E-state index in [1.165, 1.54) is 12.1 Å². The molecule has 0 saturated carbocycles. The van der Waals surface area contributed by atoms with Crippen molar-refractivity contribution >= 4 is 5.91 Å². The number of hydrogen-bond acceptors (Lipinski definition) is 3. The van der Waals surface area contributed by atoms with Crippen molar-refractivity contribution in [2.24, 2.45) is 0 Å². The minimum Gasteiger partial charge on any atom is -0.372 e. The van der Waals surface area contributed by atoms with Crippen LogP contribution in [0.2, 0.25) is 0 Å². The van der Waals surface area contributed by atoms with Crippen LogP contribution in [0, 0.1) is 11.6 Å². The van der Waals surface area contributed by atoms with E-state index < -0.39 is 11.6 Å². The monoisotopic (exact) mass is 349 g/mol. The molecule has 7 heteroatoms. The highest BCUT2D eigenvalue weighted by molar-refractivity contribution is 5.77. The van der Waals surface area contributed by atoms with Crippen LogP contribution < -0.4 is 5.32 Å². The number of benzene rings is 1. The Morgan fingerprint density at radius 2 is 2.12 bits per heavy atom. The van der Waals surface area contributed by atoms with Gasteiger partial charge in [0.15, 0.2) is 0 Å². The van der Waals surface area contributed by atoms with Gasteiger partial charge in [-0.15, -0.1) is 0 Å². The molecule has 0 fully saturated rings. The molecular weight excluding hydrogens is 328 g/mol. The molecule has 1 aliphatic rings. The molecule has 0 spiro atoms. The second kappa shape index (κ2) is 7.74. The molecule has 1 atom stereocenters. The quantitative estimate of drug-likeness (QED) is 0.816. The third-order valence-corrected chi connectivity index (χ3v) is 4.19. The predicted molar refractivity (Wildman–Crippen MR) is 88.4 cm³/mol. The van der Waals surface area contributed by atoms with Gasteiger partial charge in [0.25, 0.3) is 0 Å². The number of ether oxygens (including phenoxy) is 1. The predicted octanol–water partition coefficient (Wildman–Crippen LogP) is 3.07. The fourth-order valence-electron chi connectivity index (χ4n) is 3.14. The third-order valence-electron chi connectivity index (χ3n) is 4.19. The standard InChI is InChI=1S/C18H21F2N3O2/c1-2-6-25-11-18(24)22-16-4-3-5-17-15(16)10-21-23(17)14-8-12(19)7-13(20)9-14/h7-10,16H,2-6,11H2,1H3,(H,22,24). The summed E-state index contributed by atoms with van der Waals surface area (Å²) in [7, 11) is 0. The van der Waals surface area contributed by atoms with Crippen LogP contribution in [0.5, 0.6) is 0 Å². The Morgan fingerprint density at radius 1 is 1.36 bits per heavy atom. The molecule has 1 heterocycles. The first-order valence-electron chi connectivity index (χ1n) is 8.49. The lowest BCUT2D eigenvalue weighted by Crippen LogP contribution is -2.33. The number of aromatic nitrogens is 2. The summed E-state index contributed by atoms with van der Waals surface area (Å²) in [5.74, 6) is -1.46. The van der Waals surface area contributed by atoms with Crippen LogP contribution >= 0.6 is 0 Å². The van der Waals surface area contributed by atoms with E-state index in [4.69, 9.17) is 4.74 Å². The van der Waals surface area contributed by atoms with Crippen molar-refractivity contribution in [3.63, 3.8) is 0 Å². The Hall–Kier alpha value is -2.28. The maximum Gasteiger partial charge on any atom is 0.246 e. The van der Waals surface area contributed by atoms with Crippen LogP contribution in [0.4, 0.5) is 8.78 Å². The maximum atomic E-state index is 13.5. The second-order valence-electron chi connectivity index (χ2n) is 6.15. The van der Waals surface area contributed by atoms with E-state index >= 15 is 0 Å².